The Hall–Kier alpha value is -3.60. The van der Waals surface area contributed by atoms with Gasteiger partial charge in [-0.25, -0.2) is 0 Å². The van der Waals surface area contributed by atoms with E-state index in [0.29, 0.717) is 30.5 Å². The number of hydrogen-bond donors (Lipinski definition) is 0. The predicted octanol–water partition coefficient (Wildman–Crippen LogP) is 4.34. The van der Waals surface area contributed by atoms with Crippen molar-refractivity contribution in [1.82, 2.24) is 9.47 Å². The normalized spacial score (nSPS) is 14.9. The quantitative estimate of drug-likeness (QED) is 0.549. The lowest BCUT2D eigenvalue weighted by Crippen LogP contribution is -2.41. The number of hydrogen-bond acceptors (Lipinski definition) is 3. The third-order valence-electron chi connectivity index (χ3n) is 6.00. The van der Waals surface area contributed by atoms with Crippen molar-refractivity contribution in [3.05, 3.63) is 100 Å². The number of amides is 1. The van der Waals surface area contributed by atoms with E-state index in [1.54, 1.807) is 31.5 Å². The second kappa shape index (κ2) is 10.1. The molecule has 0 bridgehead atoms. The second-order valence-corrected chi connectivity index (χ2v) is 8.11. The maximum absolute atomic E-state index is 13.6. The molecule has 0 atom stereocenters. The zero-order valence-corrected chi connectivity index (χ0v) is 18.3. The molecule has 164 valence electrons. The number of piperidine rings is 1. The predicted molar refractivity (Wildman–Crippen MR) is 127 cm³/mol. The highest BCUT2D eigenvalue weighted by Crippen LogP contribution is 2.26. The number of nitrogens with zero attached hydrogens (tertiary/aromatic N) is 2. The summed E-state index contributed by atoms with van der Waals surface area (Å²) < 4.78 is 6.87. The minimum Gasteiger partial charge on any atom is -0.496 e. The lowest BCUT2D eigenvalue weighted by Gasteiger charge is -2.33. The van der Waals surface area contributed by atoms with Gasteiger partial charge in [-0.1, -0.05) is 54.6 Å². The van der Waals surface area contributed by atoms with Crippen LogP contribution in [0, 0.1) is 5.92 Å². The standard InChI is InChI=1S/C27H28N2O3/c1-32-25-12-6-5-11-23(25)20-24(29-16-8-7-13-26(29)30)27(31)28-17-14-22(15-18-28)19-21-9-3-2-4-10-21/h2-13,16,20,22H,14-15,17-19H2,1H3/b24-20+. The van der Waals surface area contributed by atoms with Crippen LogP contribution in [0.1, 0.15) is 24.0 Å². The van der Waals surface area contributed by atoms with E-state index in [4.69, 9.17) is 4.74 Å². The molecule has 0 unspecified atom stereocenters. The van der Waals surface area contributed by atoms with Gasteiger partial charge >= 0.3 is 0 Å². The summed E-state index contributed by atoms with van der Waals surface area (Å²) >= 11 is 0. The van der Waals surface area contributed by atoms with E-state index in [-0.39, 0.29) is 11.5 Å². The Morgan fingerprint density at radius 1 is 0.969 bits per heavy atom. The largest absolute Gasteiger partial charge is 0.496 e. The van der Waals surface area contributed by atoms with Gasteiger partial charge in [-0.3, -0.25) is 14.2 Å². The first kappa shape index (κ1) is 21.6. The highest BCUT2D eigenvalue weighted by molar-refractivity contribution is 6.18. The molecule has 0 N–H and O–H groups in total. The third-order valence-corrected chi connectivity index (χ3v) is 6.00. The Labute approximate surface area is 188 Å². The smallest absolute Gasteiger partial charge is 0.270 e. The molecule has 5 heteroatoms. The molecule has 2 heterocycles. The summed E-state index contributed by atoms with van der Waals surface area (Å²) in [6.07, 6.45) is 6.33. The van der Waals surface area contributed by atoms with Crippen LogP contribution in [-0.4, -0.2) is 35.6 Å². The van der Waals surface area contributed by atoms with Crippen molar-refractivity contribution in [2.45, 2.75) is 19.3 Å². The van der Waals surface area contributed by atoms with E-state index in [2.05, 4.69) is 24.3 Å². The minimum atomic E-state index is -0.235. The number of pyridine rings is 1. The van der Waals surface area contributed by atoms with Gasteiger partial charge in [0.05, 0.1) is 7.11 Å². The number of ether oxygens (including phenoxy) is 1. The van der Waals surface area contributed by atoms with Crippen molar-refractivity contribution in [3.63, 3.8) is 0 Å². The summed E-state index contributed by atoms with van der Waals surface area (Å²) in [6.45, 7) is 1.36. The molecule has 3 aromatic rings. The molecule has 1 aliphatic heterocycles. The average Bonchev–Trinajstić information content (AvgIpc) is 2.84. The molecule has 1 aromatic heterocycles. The fraction of sp³-hybridized carbons (Fsp3) is 0.259. The Bertz CT molecular complexity index is 1140. The number of carbonyl (C=O) groups is 1. The molecule has 32 heavy (non-hydrogen) atoms. The minimum absolute atomic E-state index is 0.137. The van der Waals surface area contributed by atoms with E-state index in [0.717, 1.165) is 24.8 Å². The Morgan fingerprint density at radius 2 is 1.66 bits per heavy atom. The van der Waals surface area contributed by atoms with Crippen molar-refractivity contribution in [2.24, 2.45) is 5.92 Å². The molecule has 0 spiro atoms. The van der Waals surface area contributed by atoms with Gasteiger partial charge in [0, 0.05) is 30.9 Å². The number of likely N-dealkylation sites (tertiary alicyclic amines) is 1. The van der Waals surface area contributed by atoms with Gasteiger partial charge in [0.1, 0.15) is 11.4 Å². The Balaban J connectivity index is 1.57. The third kappa shape index (κ3) is 4.99. The summed E-state index contributed by atoms with van der Waals surface area (Å²) in [6, 6.07) is 22.9. The maximum atomic E-state index is 13.6. The Kier molecular flexibility index (Phi) is 6.85. The van der Waals surface area contributed by atoms with Crippen LogP contribution in [0.25, 0.3) is 11.8 Å². The molecule has 5 nitrogen and oxygen atoms in total. The van der Waals surface area contributed by atoms with E-state index in [1.807, 2.05) is 35.2 Å². The van der Waals surface area contributed by atoms with Crippen molar-refractivity contribution in [1.29, 1.82) is 0 Å². The lowest BCUT2D eigenvalue weighted by atomic mass is 9.90. The first-order chi connectivity index (χ1) is 15.7. The first-order valence-corrected chi connectivity index (χ1v) is 11.0. The molecule has 4 rings (SSSR count). The summed E-state index contributed by atoms with van der Waals surface area (Å²) in [5.74, 6) is 1.08. The van der Waals surface area contributed by atoms with Crippen molar-refractivity contribution in [2.75, 3.05) is 20.2 Å². The summed E-state index contributed by atoms with van der Waals surface area (Å²) in [5.41, 5.74) is 2.19. The molecular formula is C27H28N2O3. The molecule has 1 fully saturated rings. The summed E-state index contributed by atoms with van der Waals surface area (Å²) in [4.78, 5) is 28.0. The number of aromatic nitrogens is 1. The monoisotopic (exact) mass is 428 g/mol. The molecule has 0 saturated carbocycles. The highest BCUT2D eigenvalue weighted by Gasteiger charge is 2.26. The highest BCUT2D eigenvalue weighted by atomic mass is 16.5. The molecule has 0 radical (unpaired) electrons. The fourth-order valence-electron chi connectivity index (χ4n) is 4.24. The van der Waals surface area contributed by atoms with E-state index >= 15 is 0 Å². The van der Waals surface area contributed by atoms with Crippen LogP contribution in [0.15, 0.2) is 83.8 Å². The van der Waals surface area contributed by atoms with Crippen LogP contribution in [0.3, 0.4) is 0 Å². The Morgan fingerprint density at radius 3 is 2.38 bits per heavy atom. The number of carbonyl (C=O) groups excluding carboxylic acids is 1. The average molecular weight is 429 g/mol. The van der Waals surface area contributed by atoms with E-state index < -0.39 is 0 Å². The maximum Gasteiger partial charge on any atom is 0.270 e. The molecule has 1 aliphatic rings. The molecule has 1 amide bonds. The van der Waals surface area contributed by atoms with E-state index in [1.165, 1.54) is 16.2 Å². The SMILES string of the molecule is COc1ccccc1/C=C(\C(=O)N1CCC(Cc2ccccc2)CC1)n1ccccc1=O. The van der Waals surface area contributed by atoms with Gasteiger partial charge in [-0.2, -0.15) is 0 Å². The number of benzene rings is 2. The molecular weight excluding hydrogens is 400 g/mol. The molecule has 0 aliphatic carbocycles. The van der Waals surface area contributed by atoms with Gasteiger partial charge in [-0.05, 0) is 49.0 Å². The van der Waals surface area contributed by atoms with Crippen LogP contribution in [0.5, 0.6) is 5.75 Å². The van der Waals surface area contributed by atoms with Gasteiger partial charge < -0.3 is 9.64 Å². The van der Waals surface area contributed by atoms with E-state index in [9.17, 15) is 9.59 Å². The van der Waals surface area contributed by atoms with Crippen molar-refractivity contribution >= 4 is 17.7 Å². The van der Waals surface area contributed by atoms with Crippen molar-refractivity contribution in [3.8, 4) is 5.75 Å². The van der Waals surface area contributed by atoms with Gasteiger partial charge in [0.2, 0.25) is 0 Å². The number of para-hydroxylation sites is 1. The molecule has 2 aromatic carbocycles. The van der Waals surface area contributed by atoms with Crippen LogP contribution in [0.2, 0.25) is 0 Å². The fourth-order valence-corrected chi connectivity index (χ4v) is 4.24. The first-order valence-electron chi connectivity index (χ1n) is 11.0. The second-order valence-electron chi connectivity index (χ2n) is 8.11. The van der Waals surface area contributed by atoms with Crippen LogP contribution >= 0.6 is 0 Å². The summed E-state index contributed by atoms with van der Waals surface area (Å²) in [7, 11) is 1.60. The van der Waals surface area contributed by atoms with Crippen LogP contribution in [0.4, 0.5) is 0 Å². The number of rotatable bonds is 6. The van der Waals surface area contributed by atoms with Gasteiger partial charge in [0.25, 0.3) is 11.5 Å². The number of methoxy groups -OCH3 is 1. The zero-order valence-electron chi connectivity index (χ0n) is 18.3. The van der Waals surface area contributed by atoms with Gasteiger partial charge in [0.15, 0.2) is 0 Å². The van der Waals surface area contributed by atoms with Crippen LogP contribution in [-0.2, 0) is 11.2 Å². The van der Waals surface area contributed by atoms with Gasteiger partial charge in [-0.15, -0.1) is 0 Å². The van der Waals surface area contributed by atoms with Crippen molar-refractivity contribution < 1.29 is 9.53 Å². The lowest BCUT2D eigenvalue weighted by molar-refractivity contribution is -0.126. The summed E-state index contributed by atoms with van der Waals surface area (Å²) in [5, 5.41) is 0. The zero-order chi connectivity index (χ0) is 22.3. The topological polar surface area (TPSA) is 51.5 Å². The van der Waals surface area contributed by atoms with Crippen LogP contribution < -0.4 is 10.3 Å². The molecule has 1 saturated heterocycles.